The molecule has 0 aliphatic carbocycles. The van der Waals surface area contributed by atoms with Gasteiger partial charge < -0.3 is 10.2 Å². The number of amidine groups is 1. The molecule has 6 rings (SSSR count). The number of nitrogens with zero attached hydrogens (tertiary/aromatic N) is 9. The van der Waals surface area contributed by atoms with E-state index in [1.165, 1.54) is 12.1 Å². The maximum Gasteiger partial charge on any atom is 0.229 e. The third-order valence-electron chi connectivity index (χ3n) is 5.55. The Bertz CT molecular complexity index is 1510. The Morgan fingerprint density at radius 2 is 2.06 bits per heavy atom. The molecular weight excluding hydrogens is 447 g/mol. The normalized spacial score (nSPS) is 14.7. The quantitative estimate of drug-likeness (QED) is 0.479. The zero-order valence-electron chi connectivity index (χ0n) is 19.0. The third-order valence-corrected chi connectivity index (χ3v) is 5.55. The number of hydrogen-bond acceptors (Lipinski definition) is 8. The van der Waals surface area contributed by atoms with E-state index in [0.717, 1.165) is 22.9 Å². The van der Waals surface area contributed by atoms with Gasteiger partial charge in [-0.15, -0.1) is 5.10 Å². The van der Waals surface area contributed by atoms with Crippen molar-refractivity contribution in [3.05, 3.63) is 96.2 Å². The Kier molecular flexibility index (Phi) is 4.87. The number of nitrogens with one attached hydrogen (secondary N) is 1. The van der Waals surface area contributed by atoms with Crippen LogP contribution in [0.5, 0.6) is 0 Å². The topological polar surface area (TPSA) is 92.3 Å². The molecule has 10 nitrogen and oxygen atoms in total. The van der Waals surface area contributed by atoms with Crippen molar-refractivity contribution < 1.29 is 4.39 Å². The number of aromatic nitrogens is 6. The third kappa shape index (κ3) is 3.82. The summed E-state index contributed by atoms with van der Waals surface area (Å²) in [7, 11) is 1.84. The van der Waals surface area contributed by atoms with E-state index in [1.54, 1.807) is 38.9 Å². The summed E-state index contributed by atoms with van der Waals surface area (Å²) in [6, 6.07) is 10.1. The lowest BCUT2D eigenvalue weighted by Gasteiger charge is -2.25. The van der Waals surface area contributed by atoms with Gasteiger partial charge in [0.25, 0.3) is 0 Å². The molecule has 4 aromatic rings. The summed E-state index contributed by atoms with van der Waals surface area (Å²) in [5.41, 5.74) is 2.96. The van der Waals surface area contributed by atoms with Crippen molar-refractivity contribution in [2.75, 3.05) is 16.9 Å². The summed E-state index contributed by atoms with van der Waals surface area (Å²) in [6.07, 6.45) is 11.2. The molecule has 0 bridgehead atoms. The van der Waals surface area contributed by atoms with Crippen molar-refractivity contribution >= 4 is 23.3 Å². The number of benzene rings is 1. The Morgan fingerprint density at radius 3 is 2.89 bits per heavy atom. The smallest absolute Gasteiger partial charge is 0.229 e. The fourth-order valence-electron chi connectivity index (χ4n) is 4.05. The lowest BCUT2D eigenvalue weighted by atomic mass is 10.2. The van der Waals surface area contributed by atoms with Gasteiger partial charge in [-0.25, -0.2) is 14.1 Å². The maximum absolute atomic E-state index is 14.0. The predicted molar refractivity (Wildman–Crippen MR) is 130 cm³/mol. The SMILES string of the molecule is Cc1cc(C2=NN(c3ccnc(Nc4cnn(C)c4)n3)C3=CC=CCN32)n(-c2cccc(F)c2)n1. The van der Waals surface area contributed by atoms with E-state index in [2.05, 4.69) is 30.4 Å². The molecule has 0 saturated carbocycles. The van der Waals surface area contributed by atoms with Gasteiger partial charge in [0.15, 0.2) is 11.7 Å². The highest BCUT2D eigenvalue weighted by Crippen LogP contribution is 2.31. The van der Waals surface area contributed by atoms with Gasteiger partial charge in [-0.1, -0.05) is 18.2 Å². The summed E-state index contributed by atoms with van der Waals surface area (Å²) < 4.78 is 17.4. The van der Waals surface area contributed by atoms with Crippen molar-refractivity contribution in [3.63, 3.8) is 0 Å². The zero-order chi connectivity index (χ0) is 23.9. The molecule has 0 spiro atoms. The molecule has 0 saturated heterocycles. The second-order valence-electron chi connectivity index (χ2n) is 8.13. The molecule has 35 heavy (non-hydrogen) atoms. The molecule has 1 aromatic carbocycles. The molecule has 3 aromatic heterocycles. The van der Waals surface area contributed by atoms with Crippen molar-refractivity contribution in [2.24, 2.45) is 12.1 Å². The Morgan fingerprint density at radius 1 is 1.14 bits per heavy atom. The van der Waals surface area contributed by atoms with Gasteiger partial charge in [-0.2, -0.15) is 20.2 Å². The van der Waals surface area contributed by atoms with Crippen LogP contribution in [0.2, 0.25) is 0 Å². The van der Waals surface area contributed by atoms with E-state index in [-0.39, 0.29) is 5.82 Å². The van der Waals surface area contributed by atoms with Gasteiger partial charge in [-0.3, -0.25) is 4.68 Å². The van der Waals surface area contributed by atoms with Crippen LogP contribution in [0.4, 0.5) is 21.8 Å². The Balaban J connectivity index is 1.41. The molecule has 0 amide bonds. The van der Waals surface area contributed by atoms with Gasteiger partial charge >= 0.3 is 0 Å². The average molecular weight is 469 g/mol. The summed E-state index contributed by atoms with van der Waals surface area (Å²) in [4.78, 5) is 11.1. The number of fused-ring (bicyclic) bond motifs is 1. The van der Waals surface area contributed by atoms with Crippen LogP contribution in [0.3, 0.4) is 0 Å². The molecule has 5 heterocycles. The molecule has 0 fully saturated rings. The number of hydrazone groups is 1. The number of allylic oxidation sites excluding steroid dienone is 2. The first kappa shape index (κ1) is 20.8. The van der Waals surface area contributed by atoms with Crippen LogP contribution in [0.1, 0.15) is 11.4 Å². The number of halogens is 1. The standard InChI is InChI=1S/C24H21FN10/c1-16-12-20(34(30-16)19-7-5-6-17(25)13-19)23-31-35(22-8-3-4-11-33(22)23)21-9-10-26-24(29-21)28-18-14-27-32(2)15-18/h3-10,12-15H,11H2,1-2H3,(H,26,28,29). The van der Waals surface area contributed by atoms with E-state index in [1.807, 2.05) is 50.5 Å². The van der Waals surface area contributed by atoms with Crippen LogP contribution in [0.25, 0.3) is 5.69 Å². The predicted octanol–water partition coefficient (Wildman–Crippen LogP) is 3.48. The minimum atomic E-state index is -0.326. The highest BCUT2D eigenvalue weighted by Gasteiger charge is 2.34. The first-order valence-electron chi connectivity index (χ1n) is 11.0. The van der Waals surface area contributed by atoms with E-state index < -0.39 is 0 Å². The van der Waals surface area contributed by atoms with Crippen molar-refractivity contribution in [1.82, 2.24) is 34.4 Å². The molecular formula is C24H21FN10. The van der Waals surface area contributed by atoms with Crippen molar-refractivity contribution in [3.8, 4) is 5.69 Å². The van der Waals surface area contributed by atoms with Gasteiger partial charge in [0.05, 0.1) is 23.3 Å². The highest BCUT2D eigenvalue weighted by atomic mass is 19.1. The van der Waals surface area contributed by atoms with Crippen LogP contribution in [0, 0.1) is 12.7 Å². The fraction of sp³-hybridized carbons (Fsp3) is 0.125. The lowest BCUT2D eigenvalue weighted by molar-refractivity contribution is 0.569. The number of hydrogen-bond donors (Lipinski definition) is 1. The molecule has 2 aliphatic heterocycles. The Labute approximate surface area is 200 Å². The minimum absolute atomic E-state index is 0.326. The summed E-state index contributed by atoms with van der Waals surface area (Å²) in [5, 5.41) is 18.6. The largest absolute Gasteiger partial charge is 0.321 e. The maximum atomic E-state index is 14.0. The van der Waals surface area contributed by atoms with E-state index in [0.29, 0.717) is 29.8 Å². The highest BCUT2D eigenvalue weighted by molar-refractivity contribution is 6.02. The lowest BCUT2D eigenvalue weighted by Crippen LogP contribution is -2.32. The fourth-order valence-corrected chi connectivity index (χ4v) is 4.05. The number of aryl methyl sites for hydroxylation is 2. The monoisotopic (exact) mass is 468 g/mol. The van der Waals surface area contributed by atoms with Gasteiger partial charge in [0.1, 0.15) is 17.3 Å². The molecule has 1 N–H and O–H groups in total. The van der Waals surface area contributed by atoms with Crippen LogP contribution in [-0.4, -0.2) is 46.8 Å². The molecule has 174 valence electrons. The van der Waals surface area contributed by atoms with Gasteiger partial charge in [0, 0.05) is 32.1 Å². The first-order valence-corrected chi connectivity index (χ1v) is 11.0. The van der Waals surface area contributed by atoms with Crippen LogP contribution >= 0.6 is 0 Å². The van der Waals surface area contributed by atoms with Gasteiger partial charge in [-0.05, 0) is 37.3 Å². The molecule has 2 aliphatic rings. The molecule has 0 radical (unpaired) electrons. The second kappa shape index (κ2) is 8.20. The zero-order valence-corrected chi connectivity index (χ0v) is 19.0. The first-order chi connectivity index (χ1) is 17.0. The van der Waals surface area contributed by atoms with E-state index in [9.17, 15) is 4.39 Å². The van der Waals surface area contributed by atoms with Crippen LogP contribution < -0.4 is 10.3 Å². The summed E-state index contributed by atoms with van der Waals surface area (Å²) >= 11 is 0. The molecule has 0 unspecified atom stereocenters. The van der Waals surface area contributed by atoms with E-state index >= 15 is 0 Å². The second-order valence-corrected chi connectivity index (χ2v) is 8.13. The Hall–Kier alpha value is -4.80. The average Bonchev–Trinajstić information content (AvgIpc) is 3.56. The number of rotatable bonds is 5. The summed E-state index contributed by atoms with van der Waals surface area (Å²) in [5.74, 6) is 2.23. The summed E-state index contributed by atoms with van der Waals surface area (Å²) in [6.45, 7) is 2.53. The number of anilines is 3. The molecule has 0 atom stereocenters. The molecule has 11 heteroatoms. The van der Waals surface area contributed by atoms with Crippen LogP contribution in [0.15, 0.2) is 84.1 Å². The van der Waals surface area contributed by atoms with Crippen molar-refractivity contribution in [2.45, 2.75) is 6.92 Å². The minimum Gasteiger partial charge on any atom is -0.321 e. The van der Waals surface area contributed by atoms with Crippen LogP contribution in [-0.2, 0) is 7.05 Å². The van der Waals surface area contributed by atoms with E-state index in [4.69, 9.17) is 5.10 Å². The van der Waals surface area contributed by atoms with Crippen molar-refractivity contribution in [1.29, 1.82) is 0 Å². The van der Waals surface area contributed by atoms with Gasteiger partial charge in [0.2, 0.25) is 5.95 Å².